The first-order valence-electron chi connectivity index (χ1n) is 9.67. The zero-order valence-corrected chi connectivity index (χ0v) is 17.9. The molecule has 0 saturated carbocycles. The number of hydrogen-bond donors (Lipinski definition) is 1. The van der Waals surface area contributed by atoms with Gasteiger partial charge in [-0.25, -0.2) is 0 Å². The number of rotatable bonds is 6. The molecule has 27 heavy (non-hydrogen) atoms. The van der Waals surface area contributed by atoms with Gasteiger partial charge >= 0.3 is 0 Å². The van der Waals surface area contributed by atoms with Crippen molar-refractivity contribution >= 4 is 17.5 Å². The Kier molecular flexibility index (Phi) is 7.55. The summed E-state index contributed by atoms with van der Waals surface area (Å²) < 4.78 is 6.10. The fourth-order valence-corrected chi connectivity index (χ4v) is 3.52. The lowest BCUT2D eigenvalue weighted by Crippen LogP contribution is -2.42. The fourth-order valence-electron chi connectivity index (χ4n) is 3.29. The molecule has 6 heteroatoms. The standard InChI is InChI=1S/C21H33ClN2O3/c1-15(13-25)23(5)20(26)16-6-7-19(18(22)12-16)27-17-8-10-24(11-9-17)14-21(2,3)4/h6-7,12,15,17,25H,8-11,13-14H2,1-5H3/t15-/m1/s1. The van der Waals surface area contributed by atoms with Crippen LogP contribution in [0, 0.1) is 5.41 Å². The second kappa shape index (κ2) is 9.26. The Labute approximate surface area is 168 Å². The van der Waals surface area contributed by atoms with Gasteiger partial charge in [0, 0.05) is 32.2 Å². The van der Waals surface area contributed by atoms with Crippen LogP contribution < -0.4 is 4.74 Å². The van der Waals surface area contributed by atoms with Crippen molar-refractivity contribution in [2.45, 2.75) is 52.7 Å². The number of amides is 1. The summed E-state index contributed by atoms with van der Waals surface area (Å²) in [4.78, 5) is 16.5. The molecule has 1 saturated heterocycles. The summed E-state index contributed by atoms with van der Waals surface area (Å²) in [7, 11) is 1.67. The third-order valence-electron chi connectivity index (χ3n) is 4.95. The molecule has 0 aliphatic carbocycles. The number of piperidine rings is 1. The van der Waals surface area contributed by atoms with Gasteiger partial charge in [0.1, 0.15) is 11.9 Å². The van der Waals surface area contributed by atoms with Crippen LogP contribution >= 0.6 is 11.6 Å². The third-order valence-corrected chi connectivity index (χ3v) is 5.25. The highest BCUT2D eigenvalue weighted by atomic mass is 35.5. The van der Waals surface area contributed by atoms with E-state index >= 15 is 0 Å². The van der Waals surface area contributed by atoms with Gasteiger partial charge in [-0.1, -0.05) is 32.4 Å². The SMILES string of the molecule is C[C@H](CO)N(C)C(=O)c1ccc(OC2CCN(CC(C)(C)C)CC2)c(Cl)c1. The summed E-state index contributed by atoms with van der Waals surface area (Å²) in [6, 6.07) is 4.91. The van der Waals surface area contributed by atoms with Gasteiger partial charge < -0.3 is 19.6 Å². The molecule has 0 bridgehead atoms. The molecule has 1 aromatic rings. The number of halogens is 1. The van der Waals surface area contributed by atoms with Crippen molar-refractivity contribution in [3.05, 3.63) is 28.8 Å². The van der Waals surface area contributed by atoms with E-state index < -0.39 is 0 Å². The first-order chi connectivity index (χ1) is 12.6. The monoisotopic (exact) mass is 396 g/mol. The molecule has 1 fully saturated rings. The Morgan fingerprint density at radius 1 is 1.37 bits per heavy atom. The number of carbonyl (C=O) groups excluding carboxylic acids is 1. The van der Waals surface area contributed by atoms with E-state index in [-0.39, 0.29) is 24.7 Å². The summed E-state index contributed by atoms with van der Waals surface area (Å²) in [5.41, 5.74) is 0.801. The van der Waals surface area contributed by atoms with Crippen LogP contribution in [0.5, 0.6) is 5.75 Å². The summed E-state index contributed by atoms with van der Waals surface area (Å²) in [5, 5.41) is 9.67. The summed E-state index contributed by atoms with van der Waals surface area (Å²) in [6.45, 7) is 11.6. The first-order valence-corrected chi connectivity index (χ1v) is 10.0. The van der Waals surface area contributed by atoms with Crippen LogP contribution in [0.15, 0.2) is 18.2 Å². The van der Waals surface area contributed by atoms with Gasteiger partial charge in [-0.3, -0.25) is 4.79 Å². The lowest BCUT2D eigenvalue weighted by Gasteiger charge is -2.36. The number of aliphatic hydroxyl groups excluding tert-OH is 1. The highest BCUT2D eigenvalue weighted by Gasteiger charge is 2.25. The number of hydrogen-bond acceptors (Lipinski definition) is 4. The largest absolute Gasteiger partial charge is 0.489 e. The maximum absolute atomic E-state index is 12.5. The molecule has 0 unspecified atom stereocenters. The van der Waals surface area contributed by atoms with E-state index in [0.29, 0.717) is 21.8 Å². The highest BCUT2D eigenvalue weighted by Crippen LogP contribution is 2.29. The molecule has 0 radical (unpaired) electrons. The van der Waals surface area contributed by atoms with E-state index in [0.717, 1.165) is 32.5 Å². The molecule has 1 aliphatic rings. The van der Waals surface area contributed by atoms with Crippen LogP contribution in [0.3, 0.4) is 0 Å². The maximum atomic E-state index is 12.5. The minimum absolute atomic E-state index is 0.0783. The van der Waals surface area contributed by atoms with Crippen LogP contribution in [0.2, 0.25) is 5.02 Å². The van der Waals surface area contributed by atoms with Crippen LogP contribution in [0.4, 0.5) is 0 Å². The minimum atomic E-state index is -0.245. The normalized spacial score (nSPS) is 17.6. The second-order valence-corrected chi connectivity index (χ2v) is 9.15. The van der Waals surface area contributed by atoms with E-state index in [4.69, 9.17) is 16.3 Å². The van der Waals surface area contributed by atoms with Gasteiger partial charge in [-0.2, -0.15) is 0 Å². The fraction of sp³-hybridized carbons (Fsp3) is 0.667. The molecule has 1 amide bonds. The van der Waals surface area contributed by atoms with Crippen LogP contribution in [0.1, 0.15) is 50.9 Å². The van der Waals surface area contributed by atoms with E-state index in [1.807, 2.05) is 0 Å². The van der Waals surface area contributed by atoms with E-state index in [2.05, 4.69) is 25.7 Å². The lowest BCUT2D eigenvalue weighted by molar-refractivity contribution is 0.0681. The quantitative estimate of drug-likeness (QED) is 0.796. The number of carbonyl (C=O) groups is 1. The Bertz CT molecular complexity index is 637. The minimum Gasteiger partial charge on any atom is -0.489 e. The van der Waals surface area contributed by atoms with E-state index in [9.17, 15) is 9.90 Å². The van der Waals surface area contributed by atoms with Crippen LogP contribution in [0.25, 0.3) is 0 Å². The topological polar surface area (TPSA) is 53.0 Å². The van der Waals surface area contributed by atoms with Gasteiger partial charge in [0.2, 0.25) is 0 Å². The van der Waals surface area contributed by atoms with Gasteiger partial charge in [-0.05, 0) is 43.4 Å². The predicted molar refractivity (Wildman–Crippen MR) is 110 cm³/mol. The summed E-state index contributed by atoms with van der Waals surface area (Å²) in [5.74, 6) is 0.459. The zero-order valence-electron chi connectivity index (χ0n) is 17.2. The molecule has 5 nitrogen and oxygen atoms in total. The third kappa shape index (κ3) is 6.37. The van der Waals surface area contributed by atoms with Crippen molar-refractivity contribution in [2.24, 2.45) is 5.41 Å². The van der Waals surface area contributed by atoms with Gasteiger partial charge in [0.25, 0.3) is 5.91 Å². The Morgan fingerprint density at radius 2 is 2.00 bits per heavy atom. The molecule has 2 rings (SSSR count). The van der Waals surface area contributed by atoms with Gasteiger partial charge in [0.05, 0.1) is 17.7 Å². The Hall–Kier alpha value is -1.30. The van der Waals surface area contributed by atoms with Crippen molar-refractivity contribution in [2.75, 3.05) is 33.3 Å². The molecule has 1 aromatic carbocycles. The van der Waals surface area contributed by atoms with Crippen LogP contribution in [-0.2, 0) is 0 Å². The molecule has 1 heterocycles. The molecule has 1 N–H and O–H groups in total. The molecular formula is C21H33ClN2O3. The van der Waals surface area contributed by atoms with Crippen LogP contribution in [-0.4, -0.2) is 66.2 Å². The number of benzene rings is 1. The van der Waals surface area contributed by atoms with Crippen molar-refractivity contribution < 1.29 is 14.6 Å². The number of aliphatic hydroxyl groups is 1. The number of likely N-dealkylation sites (tertiary alicyclic amines) is 1. The number of ether oxygens (including phenoxy) is 1. The molecule has 152 valence electrons. The van der Waals surface area contributed by atoms with Gasteiger partial charge in [0.15, 0.2) is 0 Å². The average Bonchev–Trinajstić information content (AvgIpc) is 2.61. The molecule has 1 aliphatic heterocycles. The van der Waals surface area contributed by atoms with Crippen molar-refractivity contribution in [1.29, 1.82) is 0 Å². The smallest absolute Gasteiger partial charge is 0.253 e. The molecule has 0 aromatic heterocycles. The van der Waals surface area contributed by atoms with Crippen molar-refractivity contribution in [1.82, 2.24) is 9.80 Å². The van der Waals surface area contributed by atoms with E-state index in [1.165, 1.54) is 4.90 Å². The highest BCUT2D eigenvalue weighted by molar-refractivity contribution is 6.32. The van der Waals surface area contributed by atoms with Crippen molar-refractivity contribution in [3.63, 3.8) is 0 Å². The predicted octanol–water partition coefficient (Wildman–Crippen LogP) is 3.68. The molecule has 0 spiro atoms. The Morgan fingerprint density at radius 3 is 2.52 bits per heavy atom. The molecular weight excluding hydrogens is 364 g/mol. The number of nitrogens with zero attached hydrogens (tertiary/aromatic N) is 2. The average molecular weight is 397 g/mol. The first kappa shape index (κ1) is 22.0. The Balaban J connectivity index is 1.94. The zero-order chi connectivity index (χ0) is 20.2. The lowest BCUT2D eigenvalue weighted by atomic mass is 9.94. The summed E-state index contributed by atoms with van der Waals surface area (Å²) in [6.07, 6.45) is 2.10. The maximum Gasteiger partial charge on any atom is 0.253 e. The summed E-state index contributed by atoms with van der Waals surface area (Å²) >= 11 is 6.37. The number of likely N-dealkylation sites (N-methyl/N-ethyl adjacent to an activating group) is 1. The van der Waals surface area contributed by atoms with E-state index in [1.54, 1.807) is 32.2 Å². The molecule has 1 atom stereocenters. The van der Waals surface area contributed by atoms with Crippen molar-refractivity contribution in [3.8, 4) is 5.75 Å². The second-order valence-electron chi connectivity index (χ2n) is 8.75. The van der Waals surface area contributed by atoms with Gasteiger partial charge in [-0.15, -0.1) is 0 Å².